The van der Waals surface area contributed by atoms with Crippen molar-refractivity contribution in [2.24, 2.45) is 16.6 Å². The summed E-state index contributed by atoms with van der Waals surface area (Å²) in [6, 6.07) is 8.59. The number of rotatable bonds is 6. The molecule has 1 aromatic rings. The van der Waals surface area contributed by atoms with Gasteiger partial charge in [0.05, 0.1) is 6.54 Å². The number of hydrogen-bond donors (Lipinski definition) is 2. The number of benzene rings is 1. The minimum Gasteiger partial charge on any atom is -0.370 e. The van der Waals surface area contributed by atoms with Crippen LogP contribution in [0.2, 0.25) is 0 Å². The van der Waals surface area contributed by atoms with Crippen LogP contribution in [0.5, 0.6) is 0 Å². The van der Waals surface area contributed by atoms with Crippen molar-refractivity contribution in [2.45, 2.75) is 46.2 Å². The van der Waals surface area contributed by atoms with Gasteiger partial charge in [0.25, 0.3) is 0 Å². The van der Waals surface area contributed by atoms with E-state index in [0.29, 0.717) is 12.5 Å². The lowest BCUT2D eigenvalue weighted by Gasteiger charge is -2.31. The Hall–Kier alpha value is -1.55. The quantitative estimate of drug-likeness (QED) is 0.627. The van der Waals surface area contributed by atoms with Gasteiger partial charge < -0.3 is 11.1 Å². The standard InChI is InChI=1S/C18H30N4/c1-3-10-20-18(19)21-12-16-8-4-5-9-17(16)14-22-11-6-7-15(2)13-22/h4-5,8-9,15H,3,6-7,10-14H2,1-2H3,(H3,19,20,21). The Labute approximate surface area is 134 Å². The predicted octanol–water partition coefficient (Wildman–Crippen LogP) is 2.73. The average molecular weight is 302 g/mol. The van der Waals surface area contributed by atoms with Crippen LogP contribution in [0.3, 0.4) is 0 Å². The summed E-state index contributed by atoms with van der Waals surface area (Å²) in [5.74, 6) is 1.36. The molecule has 1 aliphatic heterocycles. The van der Waals surface area contributed by atoms with Gasteiger partial charge in [-0.05, 0) is 42.9 Å². The van der Waals surface area contributed by atoms with E-state index in [-0.39, 0.29) is 0 Å². The van der Waals surface area contributed by atoms with E-state index in [9.17, 15) is 0 Å². The molecule has 4 heteroatoms. The lowest BCUT2D eigenvalue weighted by atomic mass is 9.99. The molecule has 0 spiro atoms. The number of nitrogens with zero attached hydrogens (tertiary/aromatic N) is 2. The molecule has 1 aliphatic rings. The predicted molar refractivity (Wildman–Crippen MR) is 93.7 cm³/mol. The Morgan fingerprint density at radius 1 is 1.36 bits per heavy atom. The average Bonchev–Trinajstić information content (AvgIpc) is 2.52. The van der Waals surface area contributed by atoms with Crippen LogP contribution in [0.15, 0.2) is 29.3 Å². The van der Waals surface area contributed by atoms with E-state index < -0.39 is 0 Å². The summed E-state index contributed by atoms with van der Waals surface area (Å²) in [6.45, 7) is 9.45. The fourth-order valence-corrected chi connectivity index (χ4v) is 3.02. The molecule has 0 saturated carbocycles. The van der Waals surface area contributed by atoms with Gasteiger partial charge in [0, 0.05) is 19.6 Å². The first-order chi connectivity index (χ1) is 10.7. The molecule has 0 aromatic heterocycles. The first-order valence-electron chi connectivity index (χ1n) is 8.52. The third kappa shape index (κ3) is 5.34. The molecule has 0 amide bonds. The summed E-state index contributed by atoms with van der Waals surface area (Å²) >= 11 is 0. The van der Waals surface area contributed by atoms with Crippen LogP contribution >= 0.6 is 0 Å². The van der Waals surface area contributed by atoms with Gasteiger partial charge in [0.1, 0.15) is 0 Å². The van der Waals surface area contributed by atoms with Gasteiger partial charge in [-0.25, -0.2) is 4.99 Å². The molecule has 1 unspecified atom stereocenters. The van der Waals surface area contributed by atoms with E-state index in [2.05, 4.69) is 53.3 Å². The molecule has 0 aliphatic carbocycles. The maximum Gasteiger partial charge on any atom is 0.188 e. The molecule has 22 heavy (non-hydrogen) atoms. The second kappa shape index (κ2) is 8.79. The zero-order chi connectivity index (χ0) is 15.8. The van der Waals surface area contributed by atoms with Crippen molar-refractivity contribution in [1.82, 2.24) is 10.2 Å². The molecule has 1 aromatic carbocycles. The van der Waals surface area contributed by atoms with Crippen molar-refractivity contribution in [3.05, 3.63) is 35.4 Å². The van der Waals surface area contributed by atoms with E-state index in [1.807, 2.05) is 0 Å². The molecule has 1 saturated heterocycles. The third-order valence-corrected chi connectivity index (χ3v) is 4.23. The lowest BCUT2D eigenvalue weighted by molar-refractivity contribution is 0.176. The minimum absolute atomic E-state index is 0.545. The van der Waals surface area contributed by atoms with Crippen molar-refractivity contribution in [3.8, 4) is 0 Å². The zero-order valence-corrected chi connectivity index (χ0v) is 14.0. The highest BCUT2D eigenvalue weighted by Gasteiger charge is 2.17. The van der Waals surface area contributed by atoms with E-state index in [4.69, 9.17) is 5.73 Å². The van der Waals surface area contributed by atoms with Crippen LogP contribution in [0.4, 0.5) is 0 Å². The molecule has 0 bridgehead atoms. The van der Waals surface area contributed by atoms with Gasteiger partial charge in [-0.15, -0.1) is 0 Å². The highest BCUT2D eigenvalue weighted by atomic mass is 15.1. The number of guanidine groups is 1. The fraction of sp³-hybridized carbons (Fsp3) is 0.611. The second-order valence-electron chi connectivity index (χ2n) is 6.38. The number of piperidine rings is 1. The SMILES string of the molecule is CCCNC(N)=NCc1ccccc1CN1CCCC(C)C1. The first-order valence-corrected chi connectivity index (χ1v) is 8.52. The number of likely N-dealkylation sites (tertiary alicyclic amines) is 1. The summed E-state index contributed by atoms with van der Waals surface area (Å²) in [5, 5.41) is 3.13. The Balaban J connectivity index is 1.97. The largest absolute Gasteiger partial charge is 0.370 e. The van der Waals surface area contributed by atoms with Gasteiger partial charge in [-0.3, -0.25) is 4.90 Å². The van der Waals surface area contributed by atoms with Gasteiger partial charge >= 0.3 is 0 Å². The van der Waals surface area contributed by atoms with Crippen molar-refractivity contribution in [2.75, 3.05) is 19.6 Å². The summed E-state index contributed by atoms with van der Waals surface area (Å²) < 4.78 is 0. The van der Waals surface area contributed by atoms with Crippen LogP contribution in [0, 0.1) is 5.92 Å². The smallest absolute Gasteiger partial charge is 0.188 e. The number of hydrogen-bond acceptors (Lipinski definition) is 2. The molecule has 0 radical (unpaired) electrons. The normalized spacial score (nSPS) is 20.1. The summed E-state index contributed by atoms with van der Waals surface area (Å²) in [7, 11) is 0. The molecule has 1 fully saturated rings. The van der Waals surface area contributed by atoms with Crippen LogP contribution < -0.4 is 11.1 Å². The highest BCUT2D eigenvalue weighted by molar-refractivity contribution is 5.77. The molecule has 1 heterocycles. The van der Waals surface area contributed by atoms with E-state index in [1.165, 1.54) is 37.1 Å². The van der Waals surface area contributed by atoms with Crippen molar-refractivity contribution < 1.29 is 0 Å². The zero-order valence-electron chi connectivity index (χ0n) is 14.0. The van der Waals surface area contributed by atoms with Crippen molar-refractivity contribution in [1.29, 1.82) is 0 Å². The molecule has 1 atom stereocenters. The van der Waals surface area contributed by atoms with Crippen LogP contribution in [0.1, 0.15) is 44.2 Å². The first kappa shape index (κ1) is 16.8. The van der Waals surface area contributed by atoms with E-state index >= 15 is 0 Å². The van der Waals surface area contributed by atoms with Gasteiger partial charge in [-0.2, -0.15) is 0 Å². The highest BCUT2D eigenvalue weighted by Crippen LogP contribution is 2.19. The van der Waals surface area contributed by atoms with Gasteiger partial charge in [0.2, 0.25) is 0 Å². The van der Waals surface area contributed by atoms with Crippen molar-refractivity contribution in [3.63, 3.8) is 0 Å². The Kier molecular flexibility index (Phi) is 6.72. The monoisotopic (exact) mass is 302 g/mol. The molecular formula is C18H30N4. The summed E-state index contributed by atoms with van der Waals surface area (Å²) in [5.41, 5.74) is 8.55. The number of nitrogens with two attached hydrogens (primary N) is 1. The Morgan fingerprint density at radius 3 is 2.86 bits per heavy atom. The minimum atomic E-state index is 0.545. The van der Waals surface area contributed by atoms with Crippen LogP contribution in [-0.2, 0) is 13.1 Å². The molecule has 4 nitrogen and oxygen atoms in total. The molecule has 2 rings (SSSR count). The fourth-order valence-electron chi connectivity index (χ4n) is 3.02. The topological polar surface area (TPSA) is 53.6 Å². The molecule has 122 valence electrons. The van der Waals surface area contributed by atoms with Gasteiger partial charge in [-0.1, -0.05) is 38.1 Å². The number of aliphatic imine (C=N–C) groups is 1. The Morgan fingerprint density at radius 2 is 2.14 bits per heavy atom. The summed E-state index contributed by atoms with van der Waals surface area (Å²) in [6.07, 6.45) is 3.73. The van der Waals surface area contributed by atoms with E-state index in [1.54, 1.807) is 0 Å². The lowest BCUT2D eigenvalue weighted by Crippen LogP contribution is -2.34. The maximum absolute atomic E-state index is 5.89. The summed E-state index contributed by atoms with van der Waals surface area (Å²) in [4.78, 5) is 7.03. The number of nitrogens with one attached hydrogen (secondary N) is 1. The van der Waals surface area contributed by atoms with Crippen molar-refractivity contribution >= 4 is 5.96 Å². The third-order valence-electron chi connectivity index (χ3n) is 4.23. The van der Waals surface area contributed by atoms with Crippen LogP contribution in [-0.4, -0.2) is 30.5 Å². The van der Waals surface area contributed by atoms with E-state index in [0.717, 1.165) is 25.4 Å². The molecular weight excluding hydrogens is 272 g/mol. The molecule has 3 N–H and O–H groups in total. The maximum atomic E-state index is 5.89. The van der Waals surface area contributed by atoms with Crippen LogP contribution in [0.25, 0.3) is 0 Å². The Bertz CT molecular complexity index is 484. The van der Waals surface area contributed by atoms with Gasteiger partial charge in [0.15, 0.2) is 5.96 Å². The second-order valence-corrected chi connectivity index (χ2v) is 6.38.